The van der Waals surface area contributed by atoms with Crippen LogP contribution in [-0.4, -0.2) is 12.2 Å². The molecule has 0 atom stereocenters. The lowest BCUT2D eigenvalue weighted by Gasteiger charge is -2.32. The molecular formula is C13H16ClF2NO. The van der Waals surface area contributed by atoms with Crippen LogP contribution in [0, 0.1) is 0 Å². The van der Waals surface area contributed by atoms with Gasteiger partial charge in [-0.1, -0.05) is 31.5 Å². The van der Waals surface area contributed by atoms with Crippen molar-refractivity contribution in [2.75, 3.05) is 0 Å². The average Bonchev–Trinajstić information content (AvgIpc) is 3.00. The van der Waals surface area contributed by atoms with E-state index in [4.69, 9.17) is 17.3 Å². The highest BCUT2D eigenvalue weighted by atomic mass is 35.5. The fourth-order valence-corrected chi connectivity index (χ4v) is 2.35. The second-order valence-corrected chi connectivity index (χ2v) is 5.71. The molecule has 1 aromatic rings. The van der Waals surface area contributed by atoms with E-state index in [1.54, 1.807) is 12.1 Å². The van der Waals surface area contributed by atoms with Gasteiger partial charge in [-0.15, -0.1) is 0 Å². The van der Waals surface area contributed by atoms with Gasteiger partial charge < -0.3 is 10.5 Å². The number of alkyl halides is 2. The zero-order valence-electron chi connectivity index (χ0n) is 10.3. The highest BCUT2D eigenvalue weighted by Gasteiger charge is 2.51. The highest BCUT2D eigenvalue weighted by Crippen LogP contribution is 2.49. The molecule has 0 aromatic heterocycles. The van der Waals surface area contributed by atoms with E-state index in [0.29, 0.717) is 0 Å². The number of ether oxygens (including phenoxy) is 1. The van der Waals surface area contributed by atoms with Gasteiger partial charge in [-0.05, 0) is 30.5 Å². The zero-order valence-corrected chi connectivity index (χ0v) is 11.1. The van der Waals surface area contributed by atoms with Crippen LogP contribution in [-0.2, 0) is 5.41 Å². The lowest BCUT2D eigenvalue weighted by atomic mass is 9.76. The third kappa shape index (κ3) is 2.31. The zero-order chi connectivity index (χ0) is 13.6. The van der Waals surface area contributed by atoms with Crippen LogP contribution in [0.2, 0.25) is 5.02 Å². The fourth-order valence-electron chi connectivity index (χ4n) is 2.13. The number of halogens is 3. The minimum absolute atomic E-state index is 0.00640. The van der Waals surface area contributed by atoms with Gasteiger partial charge in [0, 0.05) is 11.0 Å². The first kappa shape index (κ1) is 13.6. The van der Waals surface area contributed by atoms with Gasteiger partial charge in [0.25, 0.3) is 0 Å². The van der Waals surface area contributed by atoms with E-state index >= 15 is 0 Å². The molecule has 5 heteroatoms. The third-order valence-corrected chi connectivity index (χ3v) is 4.20. The Morgan fingerprint density at radius 1 is 1.39 bits per heavy atom. The Morgan fingerprint density at radius 3 is 2.44 bits per heavy atom. The minimum atomic E-state index is -2.87. The summed E-state index contributed by atoms with van der Waals surface area (Å²) in [7, 11) is 0. The van der Waals surface area contributed by atoms with E-state index in [0.717, 1.165) is 18.4 Å². The Bertz CT molecular complexity index is 458. The molecule has 100 valence electrons. The number of hydrogen-bond acceptors (Lipinski definition) is 2. The lowest BCUT2D eigenvalue weighted by molar-refractivity contribution is -0.0498. The van der Waals surface area contributed by atoms with Crippen molar-refractivity contribution in [2.24, 2.45) is 5.73 Å². The summed E-state index contributed by atoms with van der Waals surface area (Å²) in [6.45, 7) is 1.21. The van der Waals surface area contributed by atoms with Crippen LogP contribution in [0.3, 0.4) is 0 Å². The molecule has 2 rings (SSSR count). The van der Waals surface area contributed by atoms with Gasteiger partial charge >= 0.3 is 6.61 Å². The summed E-state index contributed by atoms with van der Waals surface area (Å²) in [5.74, 6) is -0.00640. The van der Waals surface area contributed by atoms with Crippen molar-refractivity contribution in [3.05, 3.63) is 28.8 Å². The molecule has 0 bridgehead atoms. The maximum absolute atomic E-state index is 12.1. The minimum Gasteiger partial charge on any atom is -0.433 e. The highest BCUT2D eigenvalue weighted by molar-refractivity contribution is 6.32. The summed E-state index contributed by atoms with van der Waals surface area (Å²) in [6.07, 6.45) is 1.93. The monoisotopic (exact) mass is 275 g/mol. The number of hydrogen-bond donors (Lipinski definition) is 1. The summed E-state index contributed by atoms with van der Waals surface area (Å²) in [5, 5.41) is 0.185. The average molecular weight is 276 g/mol. The van der Waals surface area contributed by atoms with Gasteiger partial charge in [-0.2, -0.15) is 8.78 Å². The van der Waals surface area contributed by atoms with Crippen LogP contribution in [0.4, 0.5) is 8.78 Å². The Hall–Kier alpha value is -0.870. The maximum atomic E-state index is 12.1. The van der Waals surface area contributed by atoms with Crippen molar-refractivity contribution >= 4 is 11.6 Å². The SMILES string of the molecule is CC(C)(c1ccc(OC(F)F)c(Cl)c1)C1(N)CC1. The molecule has 0 saturated heterocycles. The van der Waals surface area contributed by atoms with Gasteiger partial charge in [0.05, 0.1) is 5.02 Å². The molecular weight excluding hydrogens is 260 g/mol. The van der Waals surface area contributed by atoms with Crippen molar-refractivity contribution in [3.63, 3.8) is 0 Å². The summed E-state index contributed by atoms with van der Waals surface area (Å²) in [4.78, 5) is 0. The molecule has 0 heterocycles. The van der Waals surface area contributed by atoms with E-state index in [9.17, 15) is 8.78 Å². The van der Waals surface area contributed by atoms with Crippen LogP contribution >= 0.6 is 11.6 Å². The van der Waals surface area contributed by atoms with Crippen LogP contribution in [0.1, 0.15) is 32.3 Å². The maximum Gasteiger partial charge on any atom is 0.387 e. The Morgan fingerprint density at radius 2 is 2.00 bits per heavy atom. The van der Waals surface area contributed by atoms with Gasteiger partial charge in [-0.25, -0.2) is 0 Å². The molecule has 0 unspecified atom stereocenters. The first-order chi connectivity index (χ1) is 8.26. The second-order valence-electron chi connectivity index (χ2n) is 5.30. The van der Waals surface area contributed by atoms with E-state index in [1.807, 2.05) is 13.8 Å². The van der Waals surface area contributed by atoms with E-state index in [2.05, 4.69) is 4.74 Å². The fraction of sp³-hybridized carbons (Fsp3) is 0.538. The van der Waals surface area contributed by atoms with Gasteiger partial charge in [-0.3, -0.25) is 0 Å². The van der Waals surface area contributed by atoms with Gasteiger partial charge in [0.2, 0.25) is 0 Å². The van der Waals surface area contributed by atoms with Crippen molar-refractivity contribution in [3.8, 4) is 5.75 Å². The molecule has 1 fully saturated rings. The Balaban J connectivity index is 2.29. The summed E-state index contributed by atoms with van der Waals surface area (Å²) < 4.78 is 28.6. The number of nitrogens with two attached hydrogens (primary N) is 1. The molecule has 0 spiro atoms. The quantitative estimate of drug-likeness (QED) is 0.909. The van der Waals surface area contributed by atoms with Crippen molar-refractivity contribution in [1.29, 1.82) is 0 Å². The summed E-state index contributed by atoms with van der Waals surface area (Å²) in [6, 6.07) is 4.88. The molecule has 2 N–H and O–H groups in total. The molecule has 1 saturated carbocycles. The van der Waals surface area contributed by atoms with E-state index in [-0.39, 0.29) is 21.7 Å². The van der Waals surface area contributed by atoms with E-state index < -0.39 is 6.61 Å². The van der Waals surface area contributed by atoms with Crippen LogP contribution in [0.5, 0.6) is 5.75 Å². The first-order valence-corrected chi connectivity index (χ1v) is 6.18. The number of rotatable bonds is 4. The van der Waals surface area contributed by atoms with Gasteiger partial charge in [0.1, 0.15) is 5.75 Å². The topological polar surface area (TPSA) is 35.2 Å². The third-order valence-electron chi connectivity index (χ3n) is 3.90. The molecule has 1 aromatic carbocycles. The van der Waals surface area contributed by atoms with Crippen LogP contribution in [0.25, 0.3) is 0 Å². The number of benzene rings is 1. The molecule has 2 nitrogen and oxygen atoms in total. The lowest BCUT2D eigenvalue weighted by Crippen LogP contribution is -2.43. The normalized spacial score (nSPS) is 17.9. The molecule has 0 radical (unpaired) electrons. The van der Waals surface area contributed by atoms with Crippen LogP contribution in [0.15, 0.2) is 18.2 Å². The van der Waals surface area contributed by atoms with Crippen molar-refractivity contribution < 1.29 is 13.5 Å². The van der Waals surface area contributed by atoms with Gasteiger partial charge in [0.15, 0.2) is 0 Å². The second kappa shape index (κ2) is 4.35. The molecule has 1 aliphatic rings. The molecule has 18 heavy (non-hydrogen) atoms. The first-order valence-electron chi connectivity index (χ1n) is 5.80. The van der Waals surface area contributed by atoms with Crippen molar-refractivity contribution in [2.45, 2.75) is 44.3 Å². The smallest absolute Gasteiger partial charge is 0.387 e. The molecule has 1 aliphatic carbocycles. The molecule has 0 amide bonds. The van der Waals surface area contributed by atoms with Crippen molar-refractivity contribution in [1.82, 2.24) is 0 Å². The van der Waals surface area contributed by atoms with Crippen LogP contribution < -0.4 is 10.5 Å². The predicted octanol–water partition coefficient (Wildman–Crippen LogP) is 3.71. The standard InChI is InChI=1S/C13H16ClF2NO/c1-12(2,13(17)5-6-13)8-3-4-10(9(14)7-8)18-11(15)16/h3-4,7,11H,5-6,17H2,1-2H3. The summed E-state index contributed by atoms with van der Waals surface area (Å²) >= 11 is 5.95. The summed E-state index contributed by atoms with van der Waals surface area (Å²) in [5.41, 5.74) is 6.71. The van der Waals surface area contributed by atoms with E-state index in [1.165, 1.54) is 6.07 Å². The predicted molar refractivity (Wildman–Crippen MR) is 67.3 cm³/mol. The Kier molecular flexibility index (Phi) is 3.28. The largest absolute Gasteiger partial charge is 0.433 e. The molecule has 0 aliphatic heterocycles. The Labute approximate surface area is 110 Å².